The van der Waals surface area contributed by atoms with Gasteiger partial charge in [-0.05, 0) is 25.5 Å². The lowest BCUT2D eigenvalue weighted by atomic mass is 10.1. The zero-order valence-electron chi connectivity index (χ0n) is 9.87. The van der Waals surface area contributed by atoms with E-state index in [1.54, 1.807) is 6.92 Å². The molecule has 0 saturated carbocycles. The summed E-state index contributed by atoms with van der Waals surface area (Å²) in [4.78, 5) is 11.7. The standard InChI is InChI=1S/C12H16FNO3/c1-8(5-6-15)14-12(16)10-4-3-9(17-2)7-11(10)13/h3-4,7-8,15H,5-6H2,1-2H3,(H,14,16). The lowest BCUT2D eigenvalue weighted by Gasteiger charge is -2.13. The number of benzene rings is 1. The fourth-order valence-corrected chi connectivity index (χ4v) is 1.37. The van der Waals surface area contributed by atoms with Gasteiger partial charge in [0.05, 0.1) is 12.7 Å². The Bertz CT molecular complexity index is 395. The van der Waals surface area contributed by atoms with Crippen molar-refractivity contribution in [2.45, 2.75) is 19.4 Å². The van der Waals surface area contributed by atoms with Crippen LogP contribution in [-0.4, -0.2) is 30.8 Å². The average Bonchev–Trinajstić information content (AvgIpc) is 2.28. The Hall–Kier alpha value is -1.62. The van der Waals surface area contributed by atoms with Gasteiger partial charge in [-0.25, -0.2) is 4.39 Å². The molecule has 0 aliphatic rings. The molecule has 0 heterocycles. The van der Waals surface area contributed by atoms with Gasteiger partial charge < -0.3 is 15.2 Å². The van der Waals surface area contributed by atoms with E-state index in [0.29, 0.717) is 12.2 Å². The van der Waals surface area contributed by atoms with Gasteiger partial charge in [0, 0.05) is 18.7 Å². The molecule has 4 nitrogen and oxygen atoms in total. The molecule has 1 aromatic rings. The Morgan fingerprint density at radius 2 is 2.29 bits per heavy atom. The van der Waals surface area contributed by atoms with Gasteiger partial charge in [-0.1, -0.05) is 0 Å². The second-order valence-corrected chi connectivity index (χ2v) is 3.73. The first-order valence-electron chi connectivity index (χ1n) is 5.33. The van der Waals surface area contributed by atoms with E-state index in [-0.39, 0.29) is 18.2 Å². The summed E-state index contributed by atoms with van der Waals surface area (Å²) in [5.74, 6) is -0.758. The van der Waals surface area contributed by atoms with Crippen molar-refractivity contribution in [2.24, 2.45) is 0 Å². The first-order chi connectivity index (χ1) is 8.08. The maximum Gasteiger partial charge on any atom is 0.254 e. The number of hydrogen-bond acceptors (Lipinski definition) is 3. The summed E-state index contributed by atoms with van der Waals surface area (Å²) >= 11 is 0. The molecule has 2 N–H and O–H groups in total. The van der Waals surface area contributed by atoms with Crippen molar-refractivity contribution in [1.82, 2.24) is 5.32 Å². The summed E-state index contributed by atoms with van der Waals surface area (Å²) in [6.45, 7) is 1.72. The van der Waals surface area contributed by atoms with Crippen molar-refractivity contribution < 1.29 is 19.0 Å². The minimum atomic E-state index is -0.627. The molecule has 0 aromatic heterocycles. The molecular formula is C12H16FNO3. The van der Waals surface area contributed by atoms with Gasteiger partial charge in [0.2, 0.25) is 0 Å². The Morgan fingerprint density at radius 1 is 1.59 bits per heavy atom. The number of ether oxygens (including phenoxy) is 1. The first-order valence-corrected chi connectivity index (χ1v) is 5.33. The molecule has 1 unspecified atom stereocenters. The van der Waals surface area contributed by atoms with Crippen LogP contribution in [0, 0.1) is 5.82 Å². The van der Waals surface area contributed by atoms with Gasteiger partial charge in [-0.3, -0.25) is 4.79 Å². The van der Waals surface area contributed by atoms with Crippen LogP contribution in [0.15, 0.2) is 18.2 Å². The van der Waals surface area contributed by atoms with Crippen molar-refractivity contribution in [3.8, 4) is 5.75 Å². The normalized spacial score (nSPS) is 12.0. The molecule has 0 saturated heterocycles. The molecule has 0 radical (unpaired) electrons. The fraction of sp³-hybridized carbons (Fsp3) is 0.417. The van der Waals surface area contributed by atoms with Gasteiger partial charge in [-0.15, -0.1) is 0 Å². The minimum absolute atomic E-state index is 0.0213. The topological polar surface area (TPSA) is 58.6 Å². The molecule has 1 amide bonds. The van der Waals surface area contributed by atoms with Gasteiger partial charge in [-0.2, -0.15) is 0 Å². The highest BCUT2D eigenvalue weighted by Gasteiger charge is 2.14. The number of carbonyl (C=O) groups excluding carboxylic acids is 1. The average molecular weight is 241 g/mol. The summed E-state index contributed by atoms with van der Waals surface area (Å²) in [6.07, 6.45) is 0.434. The number of halogens is 1. The summed E-state index contributed by atoms with van der Waals surface area (Å²) < 4.78 is 18.4. The van der Waals surface area contributed by atoms with Crippen LogP contribution in [0.25, 0.3) is 0 Å². The number of carbonyl (C=O) groups is 1. The van der Waals surface area contributed by atoms with Crippen LogP contribution in [0.5, 0.6) is 5.75 Å². The number of rotatable bonds is 5. The number of methoxy groups -OCH3 is 1. The van der Waals surface area contributed by atoms with Gasteiger partial charge in [0.25, 0.3) is 5.91 Å². The number of aliphatic hydroxyl groups is 1. The molecule has 0 fully saturated rings. The number of nitrogens with one attached hydrogen (secondary N) is 1. The molecule has 1 atom stereocenters. The minimum Gasteiger partial charge on any atom is -0.497 e. The maximum atomic E-state index is 13.5. The van der Waals surface area contributed by atoms with E-state index in [1.807, 2.05) is 0 Å². The highest BCUT2D eigenvalue weighted by Crippen LogP contribution is 2.16. The van der Waals surface area contributed by atoms with Crippen LogP contribution >= 0.6 is 0 Å². The van der Waals surface area contributed by atoms with Crippen molar-refractivity contribution in [3.05, 3.63) is 29.6 Å². The van der Waals surface area contributed by atoms with Crippen molar-refractivity contribution >= 4 is 5.91 Å². The lowest BCUT2D eigenvalue weighted by Crippen LogP contribution is -2.33. The molecule has 94 valence electrons. The Morgan fingerprint density at radius 3 is 2.82 bits per heavy atom. The molecule has 0 spiro atoms. The zero-order valence-corrected chi connectivity index (χ0v) is 9.87. The zero-order chi connectivity index (χ0) is 12.8. The summed E-state index contributed by atoms with van der Waals surface area (Å²) in [6, 6.07) is 3.85. The first kappa shape index (κ1) is 13.4. The lowest BCUT2D eigenvalue weighted by molar-refractivity contribution is 0.0930. The highest BCUT2D eigenvalue weighted by molar-refractivity contribution is 5.94. The van der Waals surface area contributed by atoms with Crippen LogP contribution in [0.3, 0.4) is 0 Å². The van der Waals surface area contributed by atoms with E-state index in [4.69, 9.17) is 9.84 Å². The van der Waals surface area contributed by atoms with Gasteiger partial charge in [0.1, 0.15) is 11.6 Å². The second-order valence-electron chi connectivity index (χ2n) is 3.73. The SMILES string of the molecule is COc1ccc(C(=O)NC(C)CCO)c(F)c1. The molecule has 0 aliphatic heterocycles. The van der Waals surface area contributed by atoms with E-state index < -0.39 is 11.7 Å². The van der Waals surface area contributed by atoms with E-state index in [0.717, 1.165) is 6.07 Å². The van der Waals surface area contributed by atoms with E-state index >= 15 is 0 Å². The Labute approximate surface area is 99.4 Å². The Balaban J connectivity index is 2.75. The molecule has 0 bridgehead atoms. The van der Waals surface area contributed by atoms with E-state index in [1.165, 1.54) is 19.2 Å². The third kappa shape index (κ3) is 3.71. The van der Waals surface area contributed by atoms with Crippen LogP contribution in [0.2, 0.25) is 0 Å². The van der Waals surface area contributed by atoms with Crippen LogP contribution in [0.4, 0.5) is 4.39 Å². The third-order valence-electron chi connectivity index (χ3n) is 2.36. The number of hydrogen-bond donors (Lipinski definition) is 2. The molecule has 1 rings (SSSR count). The van der Waals surface area contributed by atoms with E-state index in [9.17, 15) is 9.18 Å². The molecule has 5 heteroatoms. The molecule has 1 aromatic carbocycles. The van der Waals surface area contributed by atoms with Crippen molar-refractivity contribution in [1.29, 1.82) is 0 Å². The fourth-order valence-electron chi connectivity index (χ4n) is 1.37. The smallest absolute Gasteiger partial charge is 0.254 e. The highest BCUT2D eigenvalue weighted by atomic mass is 19.1. The summed E-state index contributed by atoms with van der Waals surface area (Å²) in [5, 5.41) is 11.3. The summed E-state index contributed by atoms with van der Waals surface area (Å²) in [7, 11) is 1.43. The van der Waals surface area contributed by atoms with E-state index in [2.05, 4.69) is 5.32 Å². The predicted molar refractivity (Wildman–Crippen MR) is 61.6 cm³/mol. The number of aliphatic hydroxyl groups excluding tert-OH is 1. The quantitative estimate of drug-likeness (QED) is 0.817. The summed E-state index contributed by atoms with van der Waals surface area (Å²) in [5.41, 5.74) is -0.0319. The van der Waals surface area contributed by atoms with Crippen molar-refractivity contribution in [3.63, 3.8) is 0 Å². The largest absolute Gasteiger partial charge is 0.497 e. The molecular weight excluding hydrogens is 225 g/mol. The van der Waals surface area contributed by atoms with Crippen molar-refractivity contribution in [2.75, 3.05) is 13.7 Å². The third-order valence-corrected chi connectivity index (χ3v) is 2.36. The van der Waals surface area contributed by atoms with Crippen LogP contribution in [0.1, 0.15) is 23.7 Å². The van der Waals surface area contributed by atoms with Gasteiger partial charge >= 0.3 is 0 Å². The monoisotopic (exact) mass is 241 g/mol. The maximum absolute atomic E-state index is 13.5. The van der Waals surface area contributed by atoms with Crippen LogP contribution < -0.4 is 10.1 Å². The second kappa shape index (κ2) is 6.20. The predicted octanol–water partition coefficient (Wildman–Crippen LogP) is 1.33. The Kier molecular flexibility index (Phi) is 4.90. The number of amides is 1. The van der Waals surface area contributed by atoms with Gasteiger partial charge in [0.15, 0.2) is 0 Å². The molecule has 0 aliphatic carbocycles. The van der Waals surface area contributed by atoms with Crippen LogP contribution in [-0.2, 0) is 0 Å². The molecule has 17 heavy (non-hydrogen) atoms.